The first kappa shape index (κ1) is 23.5. The fourth-order valence-electron chi connectivity index (χ4n) is 7.28. The van der Waals surface area contributed by atoms with Crippen LogP contribution >= 0.6 is 0 Å². The van der Waals surface area contributed by atoms with E-state index in [1.165, 1.54) is 0 Å². The van der Waals surface area contributed by atoms with E-state index in [4.69, 9.17) is 0 Å². The molecule has 0 spiro atoms. The van der Waals surface area contributed by atoms with Crippen molar-refractivity contribution in [2.75, 3.05) is 0 Å². The second kappa shape index (κ2) is 6.35. The molecule has 0 aromatic rings. The van der Waals surface area contributed by atoms with Crippen molar-refractivity contribution < 1.29 is 0 Å². The summed E-state index contributed by atoms with van der Waals surface area (Å²) in [5, 5.41) is 0. The molecule has 0 unspecified atom stereocenters. The lowest BCUT2D eigenvalue weighted by molar-refractivity contribution is 1.73. The van der Waals surface area contributed by atoms with Crippen LogP contribution in [-0.2, 0) is 0 Å². The third kappa shape index (κ3) is 3.28. The molecule has 0 nitrogen and oxygen atoms in total. The summed E-state index contributed by atoms with van der Waals surface area (Å²) in [5.74, 6) is 0. The van der Waals surface area contributed by atoms with Crippen LogP contribution in [0, 0.1) is 0 Å². The standard InChI is InChI=1S/C15H45Si7/c1-16(2)20(12,13)21(14,15)22(17(3,4)5,18(6,7)8)19(9,10)11/h1-15H3. The van der Waals surface area contributed by atoms with Crippen LogP contribution in [0.4, 0.5) is 0 Å². The zero-order chi connectivity index (χ0) is 18.6. The van der Waals surface area contributed by atoms with Gasteiger partial charge in [-0.2, -0.15) is 0 Å². The van der Waals surface area contributed by atoms with Gasteiger partial charge in [0.15, 0.2) is 0 Å². The molecular weight excluding hydrogens is 377 g/mol. The Morgan fingerprint density at radius 3 is 0.818 bits per heavy atom. The van der Waals surface area contributed by atoms with Crippen LogP contribution in [0.1, 0.15) is 0 Å². The molecule has 0 aromatic carbocycles. The zero-order valence-electron chi connectivity index (χ0n) is 18.5. The highest BCUT2D eigenvalue weighted by Crippen LogP contribution is 2.46. The first-order chi connectivity index (χ1) is 9.19. The molecule has 0 saturated carbocycles. The summed E-state index contributed by atoms with van der Waals surface area (Å²) in [6, 6.07) is 0. The monoisotopic (exact) mass is 421 g/mol. The number of hydrogen-bond acceptors (Lipinski definition) is 0. The molecule has 133 valence electrons. The van der Waals surface area contributed by atoms with Gasteiger partial charge in [0.05, 0.1) is 0 Å². The Labute approximate surface area is 149 Å². The third-order valence-corrected chi connectivity index (χ3v) is 170. The summed E-state index contributed by atoms with van der Waals surface area (Å²) in [5.41, 5.74) is 0. The minimum atomic E-state index is -1.18. The fourth-order valence-corrected chi connectivity index (χ4v) is 274. The van der Waals surface area contributed by atoms with E-state index in [1.807, 2.05) is 0 Å². The number of rotatable bonds is 6. The average Bonchev–Trinajstić information content (AvgIpc) is 2.08. The van der Waals surface area contributed by atoms with Crippen LogP contribution in [0.2, 0.25) is 98.2 Å². The van der Waals surface area contributed by atoms with Gasteiger partial charge in [-0.15, -0.1) is 0 Å². The topological polar surface area (TPSA) is 0 Å². The van der Waals surface area contributed by atoms with Crippen LogP contribution in [0.3, 0.4) is 0 Å². The van der Waals surface area contributed by atoms with E-state index >= 15 is 0 Å². The van der Waals surface area contributed by atoms with Gasteiger partial charge < -0.3 is 0 Å². The average molecular weight is 422 g/mol. The fraction of sp³-hybridized carbons (Fsp3) is 1.00. The summed E-state index contributed by atoms with van der Waals surface area (Å²) < 4.78 is 0. The Kier molecular flexibility index (Phi) is 6.79. The van der Waals surface area contributed by atoms with Crippen molar-refractivity contribution in [2.45, 2.75) is 98.2 Å². The molecule has 0 fully saturated rings. The molecule has 0 aromatic heterocycles. The molecule has 22 heavy (non-hydrogen) atoms. The van der Waals surface area contributed by atoms with Crippen LogP contribution < -0.4 is 0 Å². The highest BCUT2D eigenvalue weighted by molar-refractivity contribution is 8.14. The summed E-state index contributed by atoms with van der Waals surface area (Å²) in [6.45, 7) is 42.0. The van der Waals surface area contributed by atoms with Crippen molar-refractivity contribution in [1.82, 2.24) is 0 Å². The molecule has 7 heteroatoms. The highest BCUT2D eigenvalue weighted by Gasteiger charge is 2.72. The predicted octanol–water partition coefficient (Wildman–Crippen LogP) is 6.09. The second-order valence-electron chi connectivity index (χ2n) is 11.8. The van der Waals surface area contributed by atoms with E-state index in [2.05, 4.69) is 98.2 Å². The molecular formula is C15H45Si7. The maximum atomic E-state index is 2.93. The van der Waals surface area contributed by atoms with Crippen molar-refractivity contribution >= 4 is 51.5 Å². The van der Waals surface area contributed by atoms with Crippen LogP contribution in [0.5, 0.6) is 0 Å². The van der Waals surface area contributed by atoms with Crippen molar-refractivity contribution in [2.24, 2.45) is 0 Å². The lowest BCUT2D eigenvalue weighted by Crippen LogP contribution is -2.97. The first-order valence-corrected chi connectivity index (χ1v) is 36.0. The van der Waals surface area contributed by atoms with Crippen molar-refractivity contribution in [3.8, 4) is 0 Å². The Morgan fingerprint density at radius 2 is 0.682 bits per heavy atom. The van der Waals surface area contributed by atoms with E-state index in [0.717, 1.165) is 0 Å². The molecule has 0 bridgehead atoms. The predicted molar refractivity (Wildman–Crippen MR) is 128 cm³/mol. The zero-order valence-corrected chi connectivity index (χ0v) is 25.5. The quantitative estimate of drug-likeness (QED) is 0.455. The SMILES string of the molecule is C[Si](C)[Si](C)(C)[Si](C)(C)[Si]([Si](C)(C)C)([Si](C)(C)C)[Si](C)(C)C. The Balaban J connectivity index is 6.98. The van der Waals surface area contributed by atoms with Crippen LogP contribution in [-0.4, -0.2) is 51.5 Å². The molecule has 0 atom stereocenters. The van der Waals surface area contributed by atoms with Crippen molar-refractivity contribution in [3.63, 3.8) is 0 Å². The Hall–Kier alpha value is 1.52. The smallest absolute Gasteiger partial charge is 0.0316 e. The van der Waals surface area contributed by atoms with Gasteiger partial charge >= 0.3 is 0 Å². The maximum absolute atomic E-state index is 2.93. The van der Waals surface area contributed by atoms with Gasteiger partial charge in [-0.05, 0) is 0 Å². The van der Waals surface area contributed by atoms with Crippen LogP contribution in [0.25, 0.3) is 0 Å². The lowest BCUT2D eigenvalue weighted by Gasteiger charge is -2.68. The lowest BCUT2D eigenvalue weighted by atomic mass is 11.8. The van der Waals surface area contributed by atoms with E-state index in [9.17, 15) is 0 Å². The molecule has 0 rings (SSSR count). The van der Waals surface area contributed by atoms with Crippen molar-refractivity contribution in [3.05, 3.63) is 0 Å². The minimum Gasteiger partial charge on any atom is -0.0739 e. The van der Waals surface area contributed by atoms with Gasteiger partial charge in [0.1, 0.15) is 0 Å². The number of hydrogen-bond donors (Lipinski definition) is 0. The highest BCUT2D eigenvalue weighted by atomic mass is 30.3. The molecule has 0 heterocycles. The summed E-state index contributed by atoms with van der Waals surface area (Å²) in [7, 11) is -5.74. The van der Waals surface area contributed by atoms with Gasteiger partial charge in [0.25, 0.3) is 0 Å². The molecule has 0 amide bonds. The van der Waals surface area contributed by atoms with Gasteiger partial charge in [0.2, 0.25) is 0 Å². The van der Waals surface area contributed by atoms with Crippen molar-refractivity contribution in [1.29, 1.82) is 0 Å². The summed E-state index contributed by atoms with van der Waals surface area (Å²) in [4.78, 5) is 0. The summed E-state index contributed by atoms with van der Waals surface area (Å²) in [6.07, 6.45) is -1.18. The van der Waals surface area contributed by atoms with E-state index < -0.39 is 43.1 Å². The largest absolute Gasteiger partial charge is 0.0739 e. The molecule has 0 N–H and O–H groups in total. The minimum absolute atomic E-state index is 0.127. The molecule has 0 aliphatic heterocycles. The third-order valence-electron chi connectivity index (χ3n) is 7.12. The van der Waals surface area contributed by atoms with Gasteiger partial charge in [-0.3, -0.25) is 0 Å². The Morgan fingerprint density at radius 1 is 0.455 bits per heavy atom. The first-order valence-electron chi connectivity index (χ1n) is 9.00. The molecule has 1 radical (unpaired) electrons. The summed E-state index contributed by atoms with van der Waals surface area (Å²) >= 11 is 0. The molecule has 0 saturated heterocycles. The van der Waals surface area contributed by atoms with E-state index in [0.29, 0.717) is 0 Å². The second-order valence-corrected chi connectivity index (χ2v) is 87.8. The normalized spacial score (nSPS) is 16.4. The van der Waals surface area contributed by atoms with Gasteiger partial charge in [-0.1, -0.05) is 98.2 Å². The maximum Gasteiger partial charge on any atom is 0.0316 e. The Bertz CT molecular complexity index is 356. The van der Waals surface area contributed by atoms with Gasteiger partial charge in [0, 0.05) is 51.5 Å². The van der Waals surface area contributed by atoms with Crippen LogP contribution in [0.15, 0.2) is 0 Å². The molecule has 0 aliphatic carbocycles. The van der Waals surface area contributed by atoms with Gasteiger partial charge in [-0.25, -0.2) is 0 Å². The molecule has 0 aliphatic rings. The van der Waals surface area contributed by atoms with E-state index in [1.54, 1.807) is 0 Å². The van der Waals surface area contributed by atoms with E-state index in [-0.39, 0.29) is 8.31 Å².